The van der Waals surface area contributed by atoms with Crippen LogP contribution in [0.5, 0.6) is 0 Å². The summed E-state index contributed by atoms with van der Waals surface area (Å²) < 4.78 is 38.2. The van der Waals surface area contributed by atoms with E-state index in [4.69, 9.17) is 9.47 Å². The largest absolute Gasteiger partial charge is 0.378 e. The number of hydrogen-bond donors (Lipinski definition) is 2. The molecule has 0 aliphatic carbocycles. The summed E-state index contributed by atoms with van der Waals surface area (Å²) in [5, 5.41) is 4.70. The highest BCUT2D eigenvalue weighted by atomic mass is 32.2. The molecule has 2 N–H and O–H groups in total. The van der Waals surface area contributed by atoms with Crippen molar-refractivity contribution in [1.82, 2.24) is 4.72 Å². The summed E-state index contributed by atoms with van der Waals surface area (Å²) >= 11 is 0. The van der Waals surface area contributed by atoms with Crippen molar-refractivity contribution in [3.63, 3.8) is 0 Å². The Hall–Kier alpha value is -1.67. The smallest absolute Gasteiger partial charge is 0.241 e. The summed E-state index contributed by atoms with van der Waals surface area (Å²) in [7, 11) is -3.58. The first-order valence-corrected chi connectivity index (χ1v) is 9.03. The highest BCUT2D eigenvalue weighted by molar-refractivity contribution is 7.89. The van der Waals surface area contributed by atoms with Crippen molar-refractivity contribution in [2.45, 2.75) is 17.9 Å². The van der Waals surface area contributed by atoms with Crippen LogP contribution in [0.4, 0.5) is 5.69 Å². The van der Waals surface area contributed by atoms with Gasteiger partial charge in [0.25, 0.3) is 0 Å². The lowest BCUT2D eigenvalue weighted by Crippen LogP contribution is -2.48. The molecule has 0 atom stereocenters. The van der Waals surface area contributed by atoms with Crippen molar-refractivity contribution >= 4 is 26.5 Å². The normalized spacial score (nSPS) is 15.5. The van der Waals surface area contributed by atoms with Crippen molar-refractivity contribution in [2.75, 3.05) is 31.9 Å². The molecule has 0 saturated carbocycles. The third kappa shape index (κ3) is 3.48. The van der Waals surface area contributed by atoms with Gasteiger partial charge in [-0.2, -0.15) is 0 Å². The summed E-state index contributed by atoms with van der Waals surface area (Å²) in [5.41, 5.74) is 0.847. The Morgan fingerprint density at radius 1 is 1.17 bits per heavy atom. The van der Waals surface area contributed by atoms with Gasteiger partial charge in [0.2, 0.25) is 10.0 Å². The van der Waals surface area contributed by atoms with Crippen molar-refractivity contribution in [2.24, 2.45) is 0 Å². The van der Waals surface area contributed by atoms with Gasteiger partial charge < -0.3 is 14.8 Å². The minimum Gasteiger partial charge on any atom is -0.378 e. The van der Waals surface area contributed by atoms with E-state index in [1.165, 1.54) is 0 Å². The van der Waals surface area contributed by atoms with Crippen LogP contribution in [0.1, 0.15) is 6.92 Å². The van der Waals surface area contributed by atoms with Crippen LogP contribution in [0.3, 0.4) is 0 Å². The van der Waals surface area contributed by atoms with E-state index in [1.807, 2.05) is 31.2 Å². The van der Waals surface area contributed by atoms with Crippen molar-refractivity contribution in [3.8, 4) is 0 Å². The van der Waals surface area contributed by atoms with Crippen LogP contribution in [-0.2, 0) is 19.5 Å². The lowest BCUT2D eigenvalue weighted by atomic mass is 10.1. The maximum atomic E-state index is 12.6. The van der Waals surface area contributed by atoms with Gasteiger partial charge in [0, 0.05) is 23.1 Å². The number of nitrogens with one attached hydrogen (secondary N) is 2. The molecule has 0 radical (unpaired) electrons. The summed E-state index contributed by atoms with van der Waals surface area (Å²) in [6, 6.07) is 10.7. The topological polar surface area (TPSA) is 76.7 Å². The van der Waals surface area contributed by atoms with Crippen LogP contribution in [0, 0.1) is 0 Å². The van der Waals surface area contributed by atoms with Crippen molar-refractivity contribution < 1.29 is 17.9 Å². The molecule has 7 heteroatoms. The first kappa shape index (κ1) is 16.2. The zero-order valence-corrected chi connectivity index (χ0v) is 13.7. The Morgan fingerprint density at radius 3 is 2.61 bits per heavy atom. The zero-order chi connectivity index (χ0) is 16.3. The SMILES string of the molecule is CCOCNc1cccc2c(S(=O)(=O)NC3COC3)cccc12. The number of benzene rings is 2. The quantitative estimate of drug-likeness (QED) is 0.597. The average molecular weight is 336 g/mol. The second-order valence-corrected chi connectivity index (χ2v) is 7.01. The number of hydrogen-bond acceptors (Lipinski definition) is 5. The van der Waals surface area contributed by atoms with Gasteiger partial charge in [-0.25, -0.2) is 13.1 Å². The molecule has 1 heterocycles. The fraction of sp³-hybridized carbons (Fsp3) is 0.375. The van der Waals surface area contributed by atoms with Gasteiger partial charge in [-0.3, -0.25) is 0 Å². The van der Waals surface area contributed by atoms with E-state index in [2.05, 4.69) is 10.0 Å². The molecule has 0 amide bonds. The van der Waals surface area contributed by atoms with Gasteiger partial charge in [-0.15, -0.1) is 0 Å². The first-order chi connectivity index (χ1) is 11.1. The minimum absolute atomic E-state index is 0.144. The molecule has 2 aromatic carbocycles. The molecule has 0 aromatic heterocycles. The molecule has 1 aliphatic rings. The van der Waals surface area contributed by atoms with E-state index in [1.54, 1.807) is 12.1 Å². The van der Waals surface area contributed by atoms with E-state index >= 15 is 0 Å². The van der Waals surface area contributed by atoms with E-state index in [0.717, 1.165) is 11.1 Å². The summed E-state index contributed by atoms with van der Waals surface area (Å²) in [6.45, 7) is 3.76. The number of sulfonamides is 1. The molecule has 0 spiro atoms. The Morgan fingerprint density at radius 2 is 1.91 bits per heavy atom. The summed E-state index contributed by atoms with van der Waals surface area (Å²) in [4.78, 5) is 0.280. The van der Waals surface area contributed by atoms with Crippen LogP contribution in [-0.4, -0.2) is 41.0 Å². The standard InChI is InChI=1S/C16H20N2O4S/c1-2-21-11-17-15-7-3-6-14-13(15)5-4-8-16(14)23(19,20)18-12-9-22-10-12/h3-8,12,17-18H,2,9-11H2,1H3. The second kappa shape index (κ2) is 6.84. The van der Waals surface area contributed by atoms with Gasteiger partial charge in [-0.05, 0) is 19.1 Å². The molecular formula is C16H20N2O4S. The molecule has 124 valence electrons. The van der Waals surface area contributed by atoms with Crippen LogP contribution in [0.2, 0.25) is 0 Å². The number of anilines is 1. The molecule has 3 rings (SSSR count). The van der Waals surface area contributed by atoms with Gasteiger partial charge in [0.05, 0.1) is 24.2 Å². The predicted octanol–water partition coefficient (Wildman–Crippen LogP) is 1.92. The highest BCUT2D eigenvalue weighted by Gasteiger charge is 2.26. The molecule has 0 bridgehead atoms. The third-order valence-corrected chi connectivity index (χ3v) is 5.28. The average Bonchev–Trinajstić information content (AvgIpc) is 2.51. The minimum atomic E-state index is -3.58. The molecular weight excluding hydrogens is 316 g/mol. The Balaban J connectivity index is 1.96. The molecule has 6 nitrogen and oxygen atoms in total. The molecule has 0 unspecified atom stereocenters. The van der Waals surface area contributed by atoms with Gasteiger partial charge in [0.1, 0.15) is 6.73 Å². The van der Waals surface area contributed by atoms with Crippen molar-refractivity contribution in [3.05, 3.63) is 36.4 Å². The highest BCUT2D eigenvalue weighted by Crippen LogP contribution is 2.29. The molecule has 1 fully saturated rings. The summed E-state index contributed by atoms with van der Waals surface area (Å²) in [6.07, 6.45) is 0. The molecule has 23 heavy (non-hydrogen) atoms. The maximum absolute atomic E-state index is 12.6. The van der Waals surface area contributed by atoms with Crippen LogP contribution in [0.15, 0.2) is 41.3 Å². The molecule has 1 saturated heterocycles. The van der Waals surface area contributed by atoms with Crippen molar-refractivity contribution in [1.29, 1.82) is 0 Å². The van der Waals surface area contributed by atoms with E-state index in [0.29, 0.717) is 31.9 Å². The fourth-order valence-electron chi connectivity index (χ4n) is 2.49. The second-order valence-electron chi connectivity index (χ2n) is 5.33. The van der Waals surface area contributed by atoms with Gasteiger partial charge >= 0.3 is 0 Å². The lowest BCUT2D eigenvalue weighted by Gasteiger charge is -2.26. The molecule has 1 aliphatic heterocycles. The molecule has 2 aromatic rings. The number of rotatable bonds is 7. The third-order valence-electron chi connectivity index (χ3n) is 3.70. The fourth-order valence-corrected chi connectivity index (χ4v) is 3.91. The first-order valence-electron chi connectivity index (χ1n) is 7.55. The lowest BCUT2D eigenvalue weighted by molar-refractivity contribution is 0.00483. The van der Waals surface area contributed by atoms with E-state index < -0.39 is 10.0 Å². The zero-order valence-electron chi connectivity index (χ0n) is 12.9. The van der Waals surface area contributed by atoms with Crippen LogP contribution < -0.4 is 10.0 Å². The number of ether oxygens (including phenoxy) is 2. The summed E-state index contributed by atoms with van der Waals surface area (Å²) in [5.74, 6) is 0. The number of fused-ring (bicyclic) bond motifs is 1. The Kier molecular flexibility index (Phi) is 4.82. The van der Waals surface area contributed by atoms with Crippen LogP contribution >= 0.6 is 0 Å². The Bertz CT molecular complexity index is 788. The predicted molar refractivity (Wildman–Crippen MR) is 89.0 cm³/mol. The Labute approximate surface area is 135 Å². The van der Waals surface area contributed by atoms with Gasteiger partial charge in [-0.1, -0.05) is 24.3 Å². The van der Waals surface area contributed by atoms with E-state index in [9.17, 15) is 8.42 Å². The van der Waals surface area contributed by atoms with Crippen LogP contribution in [0.25, 0.3) is 10.8 Å². The van der Waals surface area contributed by atoms with E-state index in [-0.39, 0.29) is 10.9 Å². The van der Waals surface area contributed by atoms with Gasteiger partial charge in [0.15, 0.2) is 0 Å². The maximum Gasteiger partial charge on any atom is 0.241 e. The monoisotopic (exact) mass is 336 g/mol.